The SMILES string of the molecule is CCOC(OCC)C([SiH3])CC. The first-order valence-electron chi connectivity index (χ1n) is 4.49. The largest absolute Gasteiger partial charge is 0.353 e. The molecule has 0 heterocycles. The quantitative estimate of drug-likeness (QED) is 0.443. The first-order valence-corrected chi connectivity index (χ1v) is 5.64. The van der Waals surface area contributed by atoms with Crippen LogP contribution in [0.4, 0.5) is 0 Å². The van der Waals surface area contributed by atoms with Crippen molar-refractivity contribution in [1.82, 2.24) is 0 Å². The van der Waals surface area contributed by atoms with Crippen LogP contribution in [-0.4, -0.2) is 29.7 Å². The second-order valence-corrected chi connectivity index (χ2v) is 4.15. The molecule has 0 N–H and O–H groups in total. The van der Waals surface area contributed by atoms with E-state index < -0.39 is 0 Å². The summed E-state index contributed by atoms with van der Waals surface area (Å²) >= 11 is 0. The van der Waals surface area contributed by atoms with E-state index in [-0.39, 0.29) is 6.29 Å². The minimum atomic E-state index is 0.0571. The number of rotatable bonds is 6. The smallest absolute Gasteiger partial charge is 0.157 e. The Balaban J connectivity index is 3.66. The van der Waals surface area contributed by atoms with Gasteiger partial charge in [-0.05, 0) is 19.4 Å². The molecule has 0 bridgehead atoms. The van der Waals surface area contributed by atoms with Crippen LogP contribution in [0.5, 0.6) is 0 Å². The second-order valence-electron chi connectivity index (χ2n) is 2.66. The van der Waals surface area contributed by atoms with Crippen LogP contribution in [-0.2, 0) is 9.47 Å². The van der Waals surface area contributed by atoms with Crippen molar-refractivity contribution in [2.45, 2.75) is 39.0 Å². The van der Waals surface area contributed by atoms with E-state index in [0.29, 0.717) is 5.54 Å². The van der Waals surface area contributed by atoms with E-state index in [1.54, 1.807) is 0 Å². The Kier molecular flexibility index (Phi) is 6.91. The lowest BCUT2D eigenvalue weighted by molar-refractivity contribution is -0.138. The topological polar surface area (TPSA) is 18.5 Å². The minimum Gasteiger partial charge on any atom is -0.353 e. The van der Waals surface area contributed by atoms with Gasteiger partial charge in [0.1, 0.15) is 0 Å². The molecular weight excluding hydrogens is 156 g/mol. The van der Waals surface area contributed by atoms with E-state index in [2.05, 4.69) is 6.92 Å². The van der Waals surface area contributed by atoms with Gasteiger partial charge < -0.3 is 9.47 Å². The van der Waals surface area contributed by atoms with Crippen molar-refractivity contribution >= 4 is 10.2 Å². The highest BCUT2D eigenvalue weighted by atomic mass is 28.1. The van der Waals surface area contributed by atoms with Crippen LogP contribution < -0.4 is 0 Å². The maximum Gasteiger partial charge on any atom is 0.157 e. The molecule has 2 nitrogen and oxygen atoms in total. The Bertz CT molecular complexity index is 82.2. The van der Waals surface area contributed by atoms with Crippen molar-refractivity contribution < 1.29 is 9.47 Å². The summed E-state index contributed by atoms with van der Waals surface area (Å²) in [5.74, 6) is 0. The van der Waals surface area contributed by atoms with Gasteiger partial charge in [0.2, 0.25) is 0 Å². The Hall–Kier alpha value is 0.137. The zero-order chi connectivity index (χ0) is 8.69. The molecule has 0 aliphatic rings. The molecule has 0 aliphatic carbocycles. The van der Waals surface area contributed by atoms with Crippen LogP contribution in [0.3, 0.4) is 0 Å². The molecule has 0 amide bonds. The molecule has 3 heteroatoms. The summed E-state index contributed by atoms with van der Waals surface area (Å²) in [6.45, 7) is 7.71. The molecule has 0 saturated heterocycles. The normalized spacial score (nSPS) is 14.2. The third-order valence-corrected chi connectivity index (χ3v) is 3.13. The fourth-order valence-electron chi connectivity index (χ4n) is 0.898. The Labute approximate surface area is 72.7 Å². The minimum absolute atomic E-state index is 0.0571. The van der Waals surface area contributed by atoms with E-state index in [1.165, 1.54) is 0 Å². The molecule has 68 valence electrons. The standard InChI is InChI=1S/C8H20O2Si/c1-4-7(11)8(9-5-2)10-6-3/h7-8H,4-6H2,1-3,11H3. The molecule has 0 saturated carbocycles. The van der Waals surface area contributed by atoms with Gasteiger partial charge in [-0.1, -0.05) is 13.3 Å². The lowest BCUT2D eigenvalue weighted by Gasteiger charge is -2.22. The monoisotopic (exact) mass is 176 g/mol. The highest BCUT2D eigenvalue weighted by Gasteiger charge is 2.14. The zero-order valence-electron chi connectivity index (χ0n) is 8.09. The molecule has 0 spiro atoms. The summed E-state index contributed by atoms with van der Waals surface area (Å²) < 4.78 is 10.9. The summed E-state index contributed by atoms with van der Waals surface area (Å²) in [5.41, 5.74) is 0.634. The van der Waals surface area contributed by atoms with Crippen LogP contribution in [0.15, 0.2) is 0 Å². The maximum atomic E-state index is 5.45. The number of hydrogen-bond acceptors (Lipinski definition) is 2. The van der Waals surface area contributed by atoms with Gasteiger partial charge >= 0.3 is 0 Å². The average molecular weight is 176 g/mol. The van der Waals surface area contributed by atoms with Crippen LogP contribution in [0.1, 0.15) is 27.2 Å². The predicted molar refractivity (Wildman–Crippen MR) is 51.0 cm³/mol. The molecule has 0 aromatic heterocycles. The van der Waals surface area contributed by atoms with E-state index in [9.17, 15) is 0 Å². The Morgan fingerprint density at radius 2 is 1.55 bits per heavy atom. The van der Waals surface area contributed by atoms with Crippen molar-refractivity contribution in [3.63, 3.8) is 0 Å². The lowest BCUT2D eigenvalue weighted by Crippen LogP contribution is -2.23. The van der Waals surface area contributed by atoms with Crippen molar-refractivity contribution in [2.24, 2.45) is 0 Å². The molecule has 0 radical (unpaired) electrons. The first kappa shape index (κ1) is 11.1. The molecule has 1 unspecified atom stereocenters. The molecular formula is C8H20O2Si. The molecule has 1 atom stereocenters. The average Bonchev–Trinajstić information content (AvgIpc) is 2.03. The maximum absolute atomic E-state index is 5.45. The van der Waals surface area contributed by atoms with Crippen molar-refractivity contribution in [2.75, 3.05) is 13.2 Å². The van der Waals surface area contributed by atoms with Crippen LogP contribution in [0.2, 0.25) is 5.54 Å². The number of hydrogen-bond donors (Lipinski definition) is 0. The summed E-state index contributed by atoms with van der Waals surface area (Å²) in [4.78, 5) is 0. The molecule has 0 aromatic rings. The van der Waals surface area contributed by atoms with Gasteiger partial charge in [-0.3, -0.25) is 0 Å². The third kappa shape index (κ3) is 4.56. The van der Waals surface area contributed by atoms with Gasteiger partial charge in [-0.15, -0.1) is 0 Å². The van der Waals surface area contributed by atoms with Crippen LogP contribution >= 0.6 is 0 Å². The summed E-state index contributed by atoms with van der Waals surface area (Å²) in [7, 11) is 1.15. The molecule has 0 fully saturated rings. The van der Waals surface area contributed by atoms with Gasteiger partial charge in [-0.2, -0.15) is 0 Å². The van der Waals surface area contributed by atoms with E-state index in [1.807, 2.05) is 13.8 Å². The van der Waals surface area contributed by atoms with Crippen molar-refractivity contribution in [3.8, 4) is 0 Å². The van der Waals surface area contributed by atoms with E-state index in [4.69, 9.17) is 9.47 Å². The fourth-order valence-corrected chi connectivity index (χ4v) is 1.28. The number of ether oxygens (including phenoxy) is 2. The zero-order valence-corrected chi connectivity index (χ0v) is 10.1. The predicted octanol–water partition coefficient (Wildman–Crippen LogP) is 0.949. The van der Waals surface area contributed by atoms with Crippen LogP contribution in [0.25, 0.3) is 0 Å². The van der Waals surface area contributed by atoms with Gasteiger partial charge in [0, 0.05) is 23.5 Å². The highest BCUT2D eigenvalue weighted by molar-refractivity contribution is 6.11. The van der Waals surface area contributed by atoms with E-state index in [0.717, 1.165) is 29.9 Å². The second kappa shape index (κ2) is 6.82. The van der Waals surface area contributed by atoms with Crippen molar-refractivity contribution in [1.29, 1.82) is 0 Å². The highest BCUT2D eigenvalue weighted by Crippen LogP contribution is 2.15. The van der Waals surface area contributed by atoms with Gasteiger partial charge in [0.15, 0.2) is 6.29 Å². The van der Waals surface area contributed by atoms with Gasteiger partial charge in [0.05, 0.1) is 0 Å². The van der Waals surface area contributed by atoms with E-state index >= 15 is 0 Å². The molecule has 11 heavy (non-hydrogen) atoms. The first-order chi connectivity index (χ1) is 5.26. The summed E-state index contributed by atoms with van der Waals surface area (Å²) in [5, 5.41) is 0. The fraction of sp³-hybridized carbons (Fsp3) is 1.00. The summed E-state index contributed by atoms with van der Waals surface area (Å²) in [6, 6.07) is 0. The Morgan fingerprint density at radius 1 is 1.09 bits per heavy atom. The third-order valence-electron chi connectivity index (χ3n) is 1.77. The molecule has 0 rings (SSSR count). The van der Waals surface area contributed by atoms with Crippen molar-refractivity contribution in [3.05, 3.63) is 0 Å². The molecule has 0 aromatic carbocycles. The van der Waals surface area contributed by atoms with Gasteiger partial charge in [0.25, 0.3) is 0 Å². The lowest BCUT2D eigenvalue weighted by atomic mass is 10.3. The van der Waals surface area contributed by atoms with Crippen LogP contribution in [0, 0.1) is 0 Å². The Morgan fingerprint density at radius 3 is 1.82 bits per heavy atom. The molecule has 0 aliphatic heterocycles. The summed E-state index contributed by atoms with van der Waals surface area (Å²) in [6.07, 6.45) is 1.22. The van der Waals surface area contributed by atoms with Gasteiger partial charge in [-0.25, -0.2) is 0 Å².